The molecule has 3 aliphatic heterocycles. The summed E-state index contributed by atoms with van der Waals surface area (Å²) in [5.41, 5.74) is 3.75. The summed E-state index contributed by atoms with van der Waals surface area (Å²) in [4.78, 5) is 2.73. The minimum atomic E-state index is 0.331. The van der Waals surface area contributed by atoms with Crippen LogP contribution in [0, 0.1) is 5.92 Å². The largest absolute Gasteiger partial charge is 0.508 e. The number of hydrogen-bond acceptors (Lipinski definition) is 3. The molecule has 2 saturated heterocycles. The Bertz CT molecular complexity index is 977. The molecule has 3 heteroatoms. The highest BCUT2D eigenvalue weighted by atomic mass is 16.3. The molecule has 1 aromatic heterocycles. The molecule has 1 saturated carbocycles. The molecule has 4 heterocycles. The molecular weight excluding hydrogens is 322 g/mol. The zero-order chi connectivity index (χ0) is 17.3. The van der Waals surface area contributed by atoms with E-state index < -0.39 is 0 Å². The maximum absolute atomic E-state index is 9.95. The van der Waals surface area contributed by atoms with Crippen molar-refractivity contribution < 1.29 is 9.52 Å². The fraction of sp³-hybridized carbons (Fsp3) is 0.391. The van der Waals surface area contributed by atoms with Gasteiger partial charge in [-0.3, -0.25) is 4.90 Å². The second kappa shape index (κ2) is 5.37. The van der Waals surface area contributed by atoms with Gasteiger partial charge in [-0.2, -0.15) is 0 Å². The number of nitrogens with zero attached hydrogens (tertiary/aromatic N) is 1. The van der Waals surface area contributed by atoms with Crippen molar-refractivity contribution in [1.82, 2.24) is 4.90 Å². The maximum atomic E-state index is 9.95. The van der Waals surface area contributed by atoms with Gasteiger partial charge in [0.05, 0.1) is 0 Å². The summed E-state index contributed by atoms with van der Waals surface area (Å²) in [5.74, 6) is 3.35. The fourth-order valence-electron chi connectivity index (χ4n) is 5.99. The predicted molar refractivity (Wildman–Crippen MR) is 102 cm³/mol. The van der Waals surface area contributed by atoms with Crippen LogP contribution in [0.25, 0.3) is 11.0 Å². The van der Waals surface area contributed by atoms with Crippen LogP contribution < -0.4 is 0 Å². The Morgan fingerprint density at radius 3 is 2.73 bits per heavy atom. The van der Waals surface area contributed by atoms with Crippen molar-refractivity contribution in [3.05, 3.63) is 65.4 Å². The Balaban J connectivity index is 1.50. The summed E-state index contributed by atoms with van der Waals surface area (Å²) in [5, 5.41) is 11.1. The molecule has 3 fully saturated rings. The van der Waals surface area contributed by atoms with E-state index in [9.17, 15) is 5.11 Å². The van der Waals surface area contributed by atoms with E-state index in [1.54, 1.807) is 6.07 Å². The molecule has 132 valence electrons. The van der Waals surface area contributed by atoms with Gasteiger partial charge >= 0.3 is 0 Å². The number of phenolic OH excluding ortho intramolecular Hbond substituents is 1. The van der Waals surface area contributed by atoms with Crippen LogP contribution >= 0.6 is 0 Å². The zero-order valence-corrected chi connectivity index (χ0v) is 14.8. The van der Waals surface area contributed by atoms with Gasteiger partial charge < -0.3 is 9.52 Å². The number of fused-ring (bicyclic) bond motifs is 4. The van der Waals surface area contributed by atoms with Crippen LogP contribution in [0.4, 0.5) is 0 Å². The number of phenols is 1. The topological polar surface area (TPSA) is 36.6 Å². The van der Waals surface area contributed by atoms with Crippen LogP contribution in [0.1, 0.15) is 41.6 Å². The van der Waals surface area contributed by atoms with Gasteiger partial charge in [-0.1, -0.05) is 30.3 Å². The second-order valence-corrected chi connectivity index (χ2v) is 8.32. The van der Waals surface area contributed by atoms with Crippen molar-refractivity contribution in [3.63, 3.8) is 0 Å². The Morgan fingerprint density at radius 2 is 1.85 bits per heavy atom. The minimum absolute atomic E-state index is 0.331. The van der Waals surface area contributed by atoms with E-state index in [-0.39, 0.29) is 0 Å². The molecule has 0 radical (unpaired) electrons. The third-order valence-electron chi connectivity index (χ3n) is 6.93. The van der Waals surface area contributed by atoms with Gasteiger partial charge in [-0.05, 0) is 48.9 Å². The highest BCUT2D eigenvalue weighted by molar-refractivity contribution is 5.84. The van der Waals surface area contributed by atoms with E-state index in [1.165, 1.54) is 36.3 Å². The summed E-state index contributed by atoms with van der Waals surface area (Å²) >= 11 is 0. The molecule has 5 unspecified atom stereocenters. The number of furan rings is 1. The lowest BCUT2D eigenvalue weighted by Crippen LogP contribution is -2.55. The molecular formula is C23H23NO2. The van der Waals surface area contributed by atoms with Crippen LogP contribution in [0.5, 0.6) is 5.75 Å². The van der Waals surface area contributed by atoms with Crippen LogP contribution in [0.3, 0.4) is 0 Å². The van der Waals surface area contributed by atoms with Gasteiger partial charge in [0.1, 0.15) is 17.1 Å². The van der Waals surface area contributed by atoms with Crippen LogP contribution in [0.2, 0.25) is 0 Å². The van der Waals surface area contributed by atoms with Crippen LogP contribution in [0.15, 0.2) is 52.9 Å². The first-order valence-corrected chi connectivity index (χ1v) is 9.81. The number of rotatable bonds is 1. The highest BCUT2D eigenvalue weighted by Crippen LogP contribution is 2.54. The molecule has 26 heavy (non-hydrogen) atoms. The van der Waals surface area contributed by atoms with Gasteiger partial charge in [-0.25, -0.2) is 0 Å². The smallest absolute Gasteiger partial charge is 0.134 e. The number of aromatic hydroxyl groups is 1. The lowest BCUT2D eigenvalue weighted by molar-refractivity contribution is 0.0122. The molecule has 3 aromatic rings. The van der Waals surface area contributed by atoms with E-state index in [4.69, 9.17) is 4.42 Å². The summed E-state index contributed by atoms with van der Waals surface area (Å²) in [7, 11) is 0. The number of hydrogen-bond donors (Lipinski definition) is 1. The zero-order valence-electron chi connectivity index (χ0n) is 14.8. The van der Waals surface area contributed by atoms with Crippen molar-refractivity contribution in [2.75, 3.05) is 13.1 Å². The van der Waals surface area contributed by atoms with E-state index in [0.717, 1.165) is 29.9 Å². The van der Waals surface area contributed by atoms with E-state index in [0.29, 0.717) is 23.6 Å². The summed E-state index contributed by atoms with van der Waals surface area (Å²) < 4.78 is 6.41. The predicted octanol–water partition coefficient (Wildman–Crippen LogP) is 4.66. The van der Waals surface area contributed by atoms with Gasteiger partial charge in [0.15, 0.2) is 0 Å². The number of benzene rings is 2. The molecule has 1 N–H and O–H groups in total. The van der Waals surface area contributed by atoms with Gasteiger partial charge in [0, 0.05) is 41.9 Å². The average Bonchev–Trinajstić information content (AvgIpc) is 2.99. The van der Waals surface area contributed by atoms with E-state index >= 15 is 0 Å². The third kappa shape index (κ3) is 2.04. The molecule has 2 aromatic carbocycles. The van der Waals surface area contributed by atoms with Crippen molar-refractivity contribution in [2.24, 2.45) is 5.92 Å². The Kier molecular flexibility index (Phi) is 3.07. The quantitative estimate of drug-likeness (QED) is 0.697. The normalized spacial score (nSPS) is 32.4. The Hall–Kier alpha value is -2.26. The maximum Gasteiger partial charge on any atom is 0.134 e. The van der Waals surface area contributed by atoms with Crippen molar-refractivity contribution in [3.8, 4) is 5.75 Å². The fourth-order valence-corrected chi connectivity index (χ4v) is 5.99. The van der Waals surface area contributed by atoms with E-state index in [1.807, 2.05) is 12.1 Å². The number of piperidine rings is 2. The van der Waals surface area contributed by atoms with Crippen molar-refractivity contribution in [1.29, 1.82) is 0 Å². The lowest BCUT2D eigenvalue weighted by atomic mass is 9.64. The Labute approximate surface area is 153 Å². The molecule has 0 amide bonds. The highest BCUT2D eigenvalue weighted by Gasteiger charge is 2.50. The van der Waals surface area contributed by atoms with Crippen LogP contribution in [-0.4, -0.2) is 29.1 Å². The van der Waals surface area contributed by atoms with Crippen molar-refractivity contribution >= 4 is 11.0 Å². The molecule has 1 aliphatic carbocycles. The average molecular weight is 345 g/mol. The first kappa shape index (κ1) is 14.9. The molecule has 4 bridgehead atoms. The minimum Gasteiger partial charge on any atom is -0.508 e. The van der Waals surface area contributed by atoms with E-state index in [2.05, 4.69) is 35.2 Å². The summed E-state index contributed by atoms with van der Waals surface area (Å²) in [6.45, 7) is 2.33. The molecule has 5 atom stereocenters. The second-order valence-electron chi connectivity index (χ2n) is 8.32. The van der Waals surface area contributed by atoms with Crippen molar-refractivity contribution in [2.45, 2.75) is 37.1 Å². The Morgan fingerprint density at radius 1 is 1.00 bits per heavy atom. The standard InChI is InChI=1S/C23H23NO2/c25-16-6-7-21-19(12-16)17-8-9-24-13-14-10-18(15-4-2-1-3-5-15)22(24)20(11-14)23(17)26-21/h1-7,12,14,18,20,22,25H,8-11,13H2. The molecule has 4 aliphatic rings. The summed E-state index contributed by atoms with van der Waals surface area (Å²) in [6.07, 6.45) is 3.56. The van der Waals surface area contributed by atoms with Gasteiger partial charge in [-0.15, -0.1) is 0 Å². The lowest BCUT2D eigenvalue weighted by Gasteiger charge is -2.53. The van der Waals surface area contributed by atoms with Gasteiger partial charge in [0.2, 0.25) is 0 Å². The first-order valence-electron chi connectivity index (χ1n) is 9.81. The van der Waals surface area contributed by atoms with Gasteiger partial charge in [0.25, 0.3) is 0 Å². The van der Waals surface area contributed by atoms with Crippen LogP contribution in [-0.2, 0) is 6.42 Å². The molecule has 3 nitrogen and oxygen atoms in total. The molecule has 0 spiro atoms. The monoisotopic (exact) mass is 345 g/mol. The molecule has 7 rings (SSSR count). The first-order chi connectivity index (χ1) is 12.8. The SMILES string of the molecule is Oc1ccc2oc3c(c2c1)CCN1CC2CC(c4ccccc4)C1C3C2. The third-order valence-corrected chi connectivity index (χ3v) is 6.93. The summed E-state index contributed by atoms with van der Waals surface area (Å²) in [6, 6.07) is 17.1.